The first-order chi connectivity index (χ1) is 11.0. The van der Waals surface area contributed by atoms with Gasteiger partial charge in [-0.25, -0.2) is 0 Å². The normalized spacial score (nSPS) is 11.4. The minimum atomic E-state index is -0.472. The van der Waals surface area contributed by atoms with Gasteiger partial charge in [0.2, 0.25) is 5.88 Å². The molecule has 0 spiro atoms. The first-order valence-corrected chi connectivity index (χ1v) is 8.26. The Bertz CT molecular complexity index is 931. The Labute approximate surface area is 148 Å². The minimum Gasteiger partial charge on any atom is -0.493 e. The lowest BCUT2D eigenvalue weighted by Crippen LogP contribution is -1.92. The van der Waals surface area contributed by atoms with Crippen LogP contribution in [0.3, 0.4) is 0 Å². The Morgan fingerprint density at radius 1 is 1.17 bits per heavy atom. The van der Waals surface area contributed by atoms with E-state index in [0.29, 0.717) is 16.5 Å². The number of fused-ring (bicyclic) bond motifs is 1. The van der Waals surface area contributed by atoms with Gasteiger partial charge in [-0.05, 0) is 48.9 Å². The highest BCUT2D eigenvalue weighted by molar-refractivity contribution is 9.10. The number of aromatic hydroxyl groups is 1. The van der Waals surface area contributed by atoms with E-state index in [4.69, 9.17) is 0 Å². The zero-order chi connectivity index (χ0) is 16.6. The van der Waals surface area contributed by atoms with Crippen molar-refractivity contribution in [1.82, 2.24) is 4.98 Å². The Morgan fingerprint density at radius 3 is 2.57 bits per heavy atom. The van der Waals surface area contributed by atoms with Crippen LogP contribution in [0.15, 0.2) is 55.6 Å². The number of hydrogen-bond donors (Lipinski definition) is 2. The van der Waals surface area contributed by atoms with Crippen LogP contribution in [0.25, 0.3) is 10.9 Å². The maximum Gasteiger partial charge on any atom is 0.295 e. The van der Waals surface area contributed by atoms with Gasteiger partial charge >= 0.3 is 0 Å². The molecule has 0 atom stereocenters. The number of nitrogens with one attached hydrogen (secondary N) is 1. The number of rotatable bonds is 2. The van der Waals surface area contributed by atoms with Crippen molar-refractivity contribution in [2.24, 2.45) is 10.2 Å². The summed E-state index contributed by atoms with van der Waals surface area (Å²) in [5.74, 6) is -0.593. The second-order valence-electron chi connectivity index (χ2n) is 4.98. The van der Waals surface area contributed by atoms with Crippen molar-refractivity contribution in [3.8, 4) is 5.88 Å². The molecule has 0 radical (unpaired) electrons. The summed E-state index contributed by atoms with van der Waals surface area (Å²) < 4.78 is 1.79. The van der Waals surface area contributed by atoms with Crippen molar-refractivity contribution >= 4 is 54.4 Å². The van der Waals surface area contributed by atoms with Crippen LogP contribution in [0, 0.1) is 6.92 Å². The molecule has 2 aromatic carbocycles. The molecule has 1 aromatic heterocycles. The SMILES string of the molecule is Cc1cc2c(N=NC(=O)c3ccc(Br)cc3)c(O)[nH]c2cc1Br. The highest BCUT2D eigenvalue weighted by atomic mass is 79.9. The van der Waals surface area contributed by atoms with Crippen LogP contribution in [0.1, 0.15) is 15.9 Å². The summed E-state index contributed by atoms with van der Waals surface area (Å²) in [6.07, 6.45) is 0. The molecule has 2 N–H and O–H groups in total. The van der Waals surface area contributed by atoms with Crippen molar-refractivity contribution in [2.75, 3.05) is 0 Å². The predicted octanol–water partition coefficient (Wildman–Crippen LogP) is 5.63. The van der Waals surface area contributed by atoms with Crippen molar-refractivity contribution in [2.45, 2.75) is 6.92 Å². The highest BCUT2D eigenvalue weighted by Gasteiger charge is 2.13. The summed E-state index contributed by atoms with van der Waals surface area (Å²) in [4.78, 5) is 14.9. The number of nitrogens with zero attached hydrogens (tertiary/aromatic N) is 2. The summed E-state index contributed by atoms with van der Waals surface area (Å²) in [5.41, 5.74) is 2.38. The van der Waals surface area contributed by atoms with E-state index >= 15 is 0 Å². The third-order valence-electron chi connectivity index (χ3n) is 3.36. The van der Waals surface area contributed by atoms with Gasteiger partial charge in [0.05, 0.1) is 5.52 Å². The summed E-state index contributed by atoms with van der Waals surface area (Å²) in [6, 6.07) is 10.5. The summed E-state index contributed by atoms with van der Waals surface area (Å²) in [7, 11) is 0. The summed E-state index contributed by atoms with van der Waals surface area (Å²) in [5, 5.41) is 18.3. The minimum absolute atomic E-state index is 0.121. The fourth-order valence-electron chi connectivity index (χ4n) is 2.14. The molecule has 0 saturated carbocycles. The summed E-state index contributed by atoms with van der Waals surface area (Å²) in [6.45, 7) is 1.93. The van der Waals surface area contributed by atoms with E-state index in [1.54, 1.807) is 24.3 Å². The molecule has 0 aliphatic heterocycles. The maximum atomic E-state index is 12.0. The summed E-state index contributed by atoms with van der Waals surface area (Å²) >= 11 is 6.74. The number of benzene rings is 2. The number of H-pyrrole nitrogens is 1. The topological polar surface area (TPSA) is 77.8 Å². The molecule has 7 heteroatoms. The number of hydrogen-bond acceptors (Lipinski definition) is 3. The molecular formula is C16H11Br2N3O2. The molecule has 5 nitrogen and oxygen atoms in total. The number of halogens is 2. The van der Waals surface area contributed by atoms with Gasteiger partial charge in [0.25, 0.3) is 5.91 Å². The van der Waals surface area contributed by atoms with Gasteiger partial charge in [-0.1, -0.05) is 31.9 Å². The fraction of sp³-hybridized carbons (Fsp3) is 0.0625. The monoisotopic (exact) mass is 435 g/mol. The zero-order valence-electron chi connectivity index (χ0n) is 12.0. The van der Waals surface area contributed by atoms with Gasteiger partial charge < -0.3 is 10.1 Å². The molecule has 0 aliphatic carbocycles. The zero-order valence-corrected chi connectivity index (χ0v) is 15.1. The van der Waals surface area contributed by atoms with Crippen molar-refractivity contribution in [1.29, 1.82) is 0 Å². The standard InChI is InChI=1S/C16H11Br2N3O2/c1-8-6-11-13(7-12(8)18)19-16(23)14(11)20-21-15(22)9-2-4-10(17)5-3-9/h2-7,19,23H,1H3. The first kappa shape index (κ1) is 15.9. The van der Waals surface area contributed by atoms with Crippen LogP contribution in [0.2, 0.25) is 0 Å². The number of azo groups is 1. The van der Waals surface area contributed by atoms with Gasteiger partial charge in [-0.3, -0.25) is 4.79 Å². The predicted molar refractivity (Wildman–Crippen MR) is 95.4 cm³/mol. The van der Waals surface area contributed by atoms with E-state index in [-0.39, 0.29) is 11.6 Å². The van der Waals surface area contributed by atoms with Crippen LogP contribution >= 0.6 is 31.9 Å². The van der Waals surface area contributed by atoms with Crippen LogP contribution in [-0.2, 0) is 0 Å². The number of carbonyl (C=O) groups is 1. The van der Waals surface area contributed by atoms with Crippen LogP contribution in [0.4, 0.5) is 5.69 Å². The second-order valence-corrected chi connectivity index (χ2v) is 6.75. The molecule has 0 fully saturated rings. The molecule has 23 heavy (non-hydrogen) atoms. The third kappa shape index (κ3) is 3.20. The van der Waals surface area contributed by atoms with E-state index in [9.17, 15) is 9.90 Å². The Balaban J connectivity index is 1.97. The molecule has 0 saturated heterocycles. The highest BCUT2D eigenvalue weighted by Crippen LogP contribution is 2.37. The Hall–Kier alpha value is -1.99. The lowest BCUT2D eigenvalue weighted by Gasteiger charge is -1.98. The smallest absolute Gasteiger partial charge is 0.295 e. The van der Waals surface area contributed by atoms with Gasteiger partial charge in [0.15, 0.2) is 5.69 Å². The van der Waals surface area contributed by atoms with Crippen LogP contribution < -0.4 is 0 Å². The van der Waals surface area contributed by atoms with Gasteiger partial charge in [-0.15, -0.1) is 10.2 Å². The molecule has 116 valence electrons. The Kier molecular flexibility index (Phi) is 4.32. The lowest BCUT2D eigenvalue weighted by atomic mass is 10.1. The molecule has 1 amide bonds. The van der Waals surface area contributed by atoms with Gasteiger partial charge in [0.1, 0.15) is 0 Å². The van der Waals surface area contributed by atoms with Crippen LogP contribution in [0.5, 0.6) is 5.88 Å². The van der Waals surface area contributed by atoms with E-state index < -0.39 is 5.91 Å². The van der Waals surface area contributed by atoms with Crippen molar-refractivity contribution in [3.63, 3.8) is 0 Å². The van der Waals surface area contributed by atoms with E-state index in [1.165, 1.54) is 0 Å². The van der Waals surface area contributed by atoms with E-state index in [1.807, 2.05) is 19.1 Å². The Morgan fingerprint density at radius 2 is 1.87 bits per heavy atom. The molecular weight excluding hydrogens is 426 g/mol. The lowest BCUT2D eigenvalue weighted by molar-refractivity contribution is 0.0995. The third-order valence-corrected chi connectivity index (χ3v) is 4.75. The number of aromatic nitrogens is 1. The molecule has 3 rings (SSSR count). The largest absolute Gasteiger partial charge is 0.493 e. The quantitative estimate of drug-likeness (QED) is 0.510. The second kappa shape index (κ2) is 6.25. The first-order valence-electron chi connectivity index (χ1n) is 6.68. The number of amides is 1. The molecule has 3 aromatic rings. The van der Waals surface area contributed by atoms with Gasteiger partial charge in [0, 0.05) is 19.9 Å². The molecule has 0 unspecified atom stereocenters. The number of aryl methyl sites for hydroxylation is 1. The number of carbonyl (C=O) groups excluding carboxylic acids is 1. The fourth-order valence-corrected chi connectivity index (χ4v) is 2.75. The van der Waals surface area contributed by atoms with E-state index in [0.717, 1.165) is 14.5 Å². The molecule has 1 heterocycles. The van der Waals surface area contributed by atoms with Crippen LogP contribution in [-0.4, -0.2) is 16.0 Å². The average Bonchev–Trinajstić information content (AvgIpc) is 2.81. The van der Waals surface area contributed by atoms with Crippen molar-refractivity contribution < 1.29 is 9.90 Å². The van der Waals surface area contributed by atoms with Gasteiger partial charge in [-0.2, -0.15) is 0 Å². The van der Waals surface area contributed by atoms with E-state index in [2.05, 4.69) is 47.1 Å². The number of aromatic amines is 1. The maximum absolute atomic E-state index is 12.0. The molecule has 0 bridgehead atoms. The molecule has 0 aliphatic rings. The van der Waals surface area contributed by atoms with Crippen molar-refractivity contribution in [3.05, 3.63) is 56.5 Å². The average molecular weight is 437 g/mol.